The zero-order chi connectivity index (χ0) is 14.5. The van der Waals surface area contributed by atoms with Crippen molar-refractivity contribution in [3.05, 3.63) is 40.7 Å². The maximum atomic E-state index is 11.2. The van der Waals surface area contributed by atoms with E-state index in [0.717, 1.165) is 11.3 Å². The topological polar surface area (TPSA) is 95.1 Å². The van der Waals surface area contributed by atoms with Crippen LogP contribution in [0.25, 0.3) is 0 Å². The van der Waals surface area contributed by atoms with Crippen molar-refractivity contribution < 1.29 is 9.53 Å². The first kappa shape index (κ1) is 14.3. The predicted octanol–water partition coefficient (Wildman–Crippen LogP) is 0.922. The van der Waals surface area contributed by atoms with Gasteiger partial charge in [-0.05, 0) is 30.7 Å². The summed E-state index contributed by atoms with van der Waals surface area (Å²) < 4.78 is 7.13. The van der Waals surface area contributed by atoms with Gasteiger partial charge in [0.25, 0.3) is 5.91 Å². The third-order valence-electron chi connectivity index (χ3n) is 2.62. The van der Waals surface area contributed by atoms with Gasteiger partial charge in [0.2, 0.25) is 0 Å². The van der Waals surface area contributed by atoms with Crippen LogP contribution in [0.5, 0.6) is 5.75 Å². The standard InChI is InChI=1S/C12H14ClN5O2/c1-8-6-9(13)2-3-11(8)20-5-4-18-7-10(16-17-18)12(19)15-14/h2-3,6-7H,4-5,14H2,1H3,(H,15,19). The lowest BCUT2D eigenvalue weighted by Crippen LogP contribution is -2.30. The second-order valence-corrected chi connectivity index (χ2v) is 4.54. The van der Waals surface area contributed by atoms with E-state index in [9.17, 15) is 4.79 Å². The number of hydrogen-bond acceptors (Lipinski definition) is 5. The number of aryl methyl sites for hydroxylation is 1. The van der Waals surface area contributed by atoms with E-state index in [1.807, 2.05) is 24.5 Å². The normalized spacial score (nSPS) is 10.3. The Kier molecular flexibility index (Phi) is 4.54. The number of nitrogens with two attached hydrogens (primary N) is 1. The summed E-state index contributed by atoms with van der Waals surface area (Å²) in [6.45, 7) is 2.78. The number of nitrogens with one attached hydrogen (secondary N) is 1. The van der Waals surface area contributed by atoms with Gasteiger partial charge < -0.3 is 4.74 Å². The summed E-state index contributed by atoms with van der Waals surface area (Å²) in [5, 5.41) is 8.16. The number of amides is 1. The maximum Gasteiger partial charge on any atom is 0.287 e. The van der Waals surface area contributed by atoms with Gasteiger partial charge >= 0.3 is 0 Å². The number of nitrogen functional groups attached to an aromatic ring is 1. The lowest BCUT2D eigenvalue weighted by Gasteiger charge is -2.08. The van der Waals surface area contributed by atoms with Crippen LogP contribution in [0, 0.1) is 6.92 Å². The second kappa shape index (κ2) is 6.36. The largest absolute Gasteiger partial charge is 0.491 e. The fourth-order valence-corrected chi connectivity index (χ4v) is 1.84. The van der Waals surface area contributed by atoms with Crippen LogP contribution in [-0.2, 0) is 6.54 Å². The van der Waals surface area contributed by atoms with Gasteiger partial charge in [-0.15, -0.1) is 5.10 Å². The van der Waals surface area contributed by atoms with Gasteiger partial charge in [0.05, 0.1) is 12.7 Å². The number of benzene rings is 1. The molecule has 8 heteroatoms. The zero-order valence-corrected chi connectivity index (χ0v) is 11.6. The number of hydrazine groups is 1. The Balaban J connectivity index is 1.89. The minimum Gasteiger partial charge on any atom is -0.491 e. The van der Waals surface area contributed by atoms with E-state index in [-0.39, 0.29) is 5.69 Å². The molecule has 0 saturated heterocycles. The van der Waals surface area contributed by atoms with Gasteiger partial charge in [0.1, 0.15) is 12.4 Å². The molecule has 0 atom stereocenters. The molecular formula is C12H14ClN5O2. The lowest BCUT2D eigenvalue weighted by molar-refractivity contribution is 0.0948. The smallest absolute Gasteiger partial charge is 0.287 e. The number of hydrogen-bond donors (Lipinski definition) is 2. The van der Waals surface area contributed by atoms with Crippen molar-refractivity contribution in [2.45, 2.75) is 13.5 Å². The monoisotopic (exact) mass is 295 g/mol. The molecule has 2 rings (SSSR count). The molecule has 1 aromatic carbocycles. The fraction of sp³-hybridized carbons (Fsp3) is 0.250. The Morgan fingerprint density at radius 1 is 1.55 bits per heavy atom. The molecule has 0 aliphatic rings. The molecule has 0 radical (unpaired) electrons. The summed E-state index contributed by atoms with van der Waals surface area (Å²) in [5.41, 5.74) is 3.11. The first-order valence-electron chi connectivity index (χ1n) is 5.90. The van der Waals surface area contributed by atoms with Gasteiger partial charge in [-0.1, -0.05) is 16.8 Å². The average Bonchev–Trinajstić information content (AvgIpc) is 2.89. The molecule has 1 amide bonds. The van der Waals surface area contributed by atoms with E-state index in [1.54, 1.807) is 6.07 Å². The fourth-order valence-electron chi connectivity index (χ4n) is 1.61. The molecule has 7 nitrogen and oxygen atoms in total. The quantitative estimate of drug-likeness (QED) is 0.486. The molecule has 0 bridgehead atoms. The third kappa shape index (κ3) is 3.46. The summed E-state index contributed by atoms with van der Waals surface area (Å²) in [4.78, 5) is 11.2. The Bertz CT molecular complexity index is 614. The summed E-state index contributed by atoms with van der Waals surface area (Å²) in [6, 6.07) is 5.41. The van der Waals surface area contributed by atoms with Crippen molar-refractivity contribution in [3.63, 3.8) is 0 Å². The minimum absolute atomic E-state index is 0.162. The van der Waals surface area contributed by atoms with E-state index in [0.29, 0.717) is 18.2 Å². The summed E-state index contributed by atoms with van der Waals surface area (Å²) >= 11 is 5.87. The molecule has 2 aromatic rings. The van der Waals surface area contributed by atoms with Gasteiger partial charge in [0.15, 0.2) is 5.69 Å². The van der Waals surface area contributed by atoms with Crippen LogP contribution in [0.3, 0.4) is 0 Å². The summed E-state index contributed by atoms with van der Waals surface area (Å²) in [6.07, 6.45) is 1.50. The Morgan fingerprint density at radius 2 is 2.35 bits per heavy atom. The van der Waals surface area contributed by atoms with Crippen LogP contribution in [-0.4, -0.2) is 27.5 Å². The lowest BCUT2D eigenvalue weighted by atomic mass is 10.2. The van der Waals surface area contributed by atoms with Crippen molar-refractivity contribution in [2.24, 2.45) is 5.84 Å². The highest BCUT2D eigenvalue weighted by molar-refractivity contribution is 6.30. The Labute approximate surface area is 120 Å². The molecule has 0 saturated carbocycles. The highest BCUT2D eigenvalue weighted by atomic mass is 35.5. The second-order valence-electron chi connectivity index (χ2n) is 4.10. The van der Waals surface area contributed by atoms with Crippen LogP contribution >= 0.6 is 11.6 Å². The number of rotatable bonds is 5. The predicted molar refractivity (Wildman–Crippen MR) is 73.4 cm³/mol. The third-order valence-corrected chi connectivity index (χ3v) is 2.85. The van der Waals surface area contributed by atoms with Crippen molar-refractivity contribution in [3.8, 4) is 5.75 Å². The van der Waals surface area contributed by atoms with E-state index in [1.165, 1.54) is 10.9 Å². The van der Waals surface area contributed by atoms with E-state index in [2.05, 4.69) is 10.3 Å². The average molecular weight is 296 g/mol. The molecule has 0 fully saturated rings. The number of ether oxygens (including phenoxy) is 1. The molecule has 20 heavy (non-hydrogen) atoms. The highest BCUT2D eigenvalue weighted by Gasteiger charge is 2.08. The van der Waals surface area contributed by atoms with Crippen LogP contribution in [0.1, 0.15) is 16.1 Å². The first-order valence-corrected chi connectivity index (χ1v) is 6.28. The Morgan fingerprint density at radius 3 is 3.05 bits per heavy atom. The Hall–Kier alpha value is -2.12. The van der Waals surface area contributed by atoms with Crippen LogP contribution in [0.4, 0.5) is 0 Å². The number of aromatic nitrogens is 3. The summed E-state index contributed by atoms with van der Waals surface area (Å²) in [5.74, 6) is 5.28. The molecule has 1 aromatic heterocycles. The van der Waals surface area contributed by atoms with Crippen molar-refractivity contribution in [2.75, 3.05) is 6.61 Å². The number of carbonyl (C=O) groups excluding carboxylic acids is 1. The van der Waals surface area contributed by atoms with Crippen LogP contribution in [0.15, 0.2) is 24.4 Å². The van der Waals surface area contributed by atoms with E-state index in [4.69, 9.17) is 22.2 Å². The van der Waals surface area contributed by atoms with Crippen LogP contribution in [0.2, 0.25) is 5.02 Å². The van der Waals surface area contributed by atoms with Crippen molar-refractivity contribution in [1.82, 2.24) is 20.4 Å². The molecule has 1 heterocycles. The van der Waals surface area contributed by atoms with Crippen molar-refractivity contribution >= 4 is 17.5 Å². The van der Waals surface area contributed by atoms with Gasteiger partial charge in [-0.25, -0.2) is 10.5 Å². The highest BCUT2D eigenvalue weighted by Crippen LogP contribution is 2.21. The molecule has 0 aliphatic heterocycles. The van der Waals surface area contributed by atoms with Crippen molar-refractivity contribution in [1.29, 1.82) is 0 Å². The first-order chi connectivity index (χ1) is 9.60. The van der Waals surface area contributed by atoms with E-state index < -0.39 is 5.91 Å². The maximum absolute atomic E-state index is 11.2. The summed E-state index contributed by atoms with van der Waals surface area (Å²) in [7, 11) is 0. The van der Waals surface area contributed by atoms with Gasteiger partial charge in [-0.3, -0.25) is 10.2 Å². The number of nitrogens with zero attached hydrogens (tertiary/aromatic N) is 3. The SMILES string of the molecule is Cc1cc(Cl)ccc1OCCn1cc(C(=O)NN)nn1. The number of halogens is 1. The minimum atomic E-state index is -0.481. The van der Waals surface area contributed by atoms with Gasteiger partial charge in [-0.2, -0.15) is 0 Å². The molecule has 106 valence electrons. The molecule has 3 N–H and O–H groups in total. The van der Waals surface area contributed by atoms with Crippen LogP contribution < -0.4 is 16.0 Å². The molecule has 0 unspecified atom stereocenters. The molecule has 0 aliphatic carbocycles. The molecular weight excluding hydrogens is 282 g/mol. The van der Waals surface area contributed by atoms with Gasteiger partial charge in [0, 0.05) is 5.02 Å². The zero-order valence-electron chi connectivity index (χ0n) is 10.8. The molecule has 0 spiro atoms. The van der Waals surface area contributed by atoms with E-state index >= 15 is 0 Å². The number of carbonyl (C=O) groups is 1.